The Labute approximate surface area is 231 Å². The molecular formula is C33H32F3NO3. The predicted molar refractivity (Wildman–Crippen MR) is 148 cm³/mol. The van der Waals surface area contributed by atoms with E-state index in [1.165, 1.54) is 12.1 Å². The Hall–Kier alpha value is -3.87. The van der Waals surface area contributed by atoms with E-state index in [-0.39, 0.29) is 17.8 Å². The van der Waals surface area contributed by atoms with Crippen molar-refractivity contribution >= 4 is 5.97 Å². The number of benzene rings is 3. The van der Waals surface area contributed by atoms with Crippen molar-refractivity contribution in [1.29, 1.82) is 0 Å². The molecule has 1 heterocycles. The van der Waals surface area contributed by atoms with E-state index in [9.17, 15) is 23.1 Å². The van der Waals surface area contributed by atoms with Crippen molar-refractivity contribution in [2.45, 2.75) is 64.0 Å². The maximum Gasteiger partial charge on any atom is 0.416 e. The molecule has 7 heteroatoms. The number of rotatable bonds is 10. The topological polar surface area (TPSA) is 63.3 Å². The molecule has 1 aromatic heterocycles. The third kappa shape index (κ3) is 6.14. The number of aromatic nitrogens is 1. The quantitative estimate of drug-likeness (QED) is 0.216. The molecule has 5 rings (SSSR count). The highest BCUT2D eigenvalue weighted by Crippen LogP contribution is 2.51. The van der Waals surface area contributed by atoms with Crippen LogP contribution >= 0.6 is 0 Å². The third-order valence-corrected chi connectivity index (χ3v) is 8.04. The van der Waals surface area contributed by atoms with Crippen LogP contribution in [0.15, 0.2) is 77.3 Å². The van der Waals surface area contributed by atoms with Crippen LogP contribution in [0.1, 0.15) is 60.6 Å². The first kappa shape index (κ1) is 27.7. The smallest absolute Gasteiger partial charge is 0.416 e. The number of carbonyl (C=O) groups is 1. The van der Waals surface area contributed by atoms with Crippen molar-refractivity contribution in [3.05, 3.63) is 101 Å². The van der Waals surface area contributed by atoms with Gasteiger partial charge in [0.25, 0.3) is 0 Å². The van der Waals surface area contributed by atoms with Gasteiger partial charge in [-0.1, -0.05) is 78.8 Å². The molecule has 0 aliphatic heterocycles. The number of halogens is 3. The van der Waals surface area contributed by atoms with Gasteiger partial charge in [-0.3, -0.25) is 4.79 Å². The van der Waals surface area contributed by atoms with Gasteiger partial charge in [0.2, 0.25) is 0 Å². The van der Waals surface area contributed by atoms with E-state index in [1.54, 1.807) is 6.07 Å². The molecule has 1 saturated carbocycles. The fourth-order valence-corrected chi connectivity index (χ4v) is 5.46. The Morgan fingerprint density at radius 1 is 1.00 bits per heavy atom. The predicted octanol–water partition coefficient (Wildman–Crippen LogP) is 8.65. The zero-order valence-electron chi connectivity index (χ0n) is 22.6. The Bertz CT molecular complexity index is 1480. The largest absolute Gasteiger partial charge is 0.481 e. The second-order valence-electron chi connectivity index (χ2n) is 11.1. The highest BCUT2D eigenvalue weighted by molar-refractivity contribution is 5.72. The van der Waals surface area contributed by atoms with Crippen molar-refractivity contribution in [1.82, 2.24) is 5.16 Å². The number of nitrogens with zero attached hydrogens (tertiary/aromatic N) is 1. The fraction of sp³-hybridized carbons (Fsp3) is 0.333. The molecule has 1 atom stereocenters. The first-order valence-electron chi connectivity index (χ1n) is 13.6. The number of carboxylic acids is 1. The molecule has 40 heavy (non-hydrogen) atoms. The standard InChI is InChI=1S/C33H32F3NO3/c1-21(6-7-23-4-3-5-28(19-23)33(34,35)36)18-29-22(2)37-40-31(29)26-10-8-24(9-11-26)25-12-14-27(15-13-25)32(16-17-32)20-30(38)39/h3-5,8-15,19,21H,6-7,16-18,20H2,1-2H3,(H,38,39). The summed E-state index contributed by atoms with van der Waals surface area (Å²) in [6, 6.07) is 21.8. The van der Waals surface area contributed by atoms with E-state index < -0.39 is 17.7 Å². The first-order chi connectivity index (χ1) is 19.0. The molecular weight excluding hydrogens is 515 g/mol. The molecule has 1 aliphatic rings. The molecule has 3 aromatic carbocycles. The minimum absolute atomic E-state index is 0.170. The zero-order valence-corrected chi connectivity index (χ0v) is 22.6. The molecule has 1 unspecified atom stereocenters. The summed E-state index contributed by atoms with van der Waals surface area (Å²) < 4.78 is 44.9. The molecule has 1 aliphatic carbocycles. The summed E-state index contributed by atoms with van der Waals surface area (Å²) in [5, 5.41) is 13.4. The number of hydrogen-bond donors (Lipinski definition) is 1. The maximum atomic E-state index is 13.1. The Balaban J connectivity index is 1.25. The van der Waals surface area contributed by atoms with Crippen LogP contribution in [-0.4, -0.2) is 16.2 Å². The lowest BCUT2D eigenvalue weighted by Crippen LogP contribution is -2.12. The van der Waals surface area contributed by atoms with Crippen LogP contribution in [0, 0.1) is 12.8 Å². The Kier molecular flexibility index (Phi) is 7.58. The van der Waals surface area contributed by atoms with Gasteiger partial charge < -0.3 is 9.63 Å². The molecule has 4 nitrogen and oxygen atoms in total. The van der Waals surface area contributed by atoms with Gasteiger partial charge in [-0.05, 0) is 73.3 Å². The van der Waals surface area contributed by atoms with Crippen molar-refractivity contribution in [3.63, 3.8) is 0 Å². The van der Waals surface area contributed by atoms with Gasteiger partial charge in [0, 0.05) is 16.5 Å². The Morgan fingerprint density at radius 3 is 2.23 bits per heavy atom. The van der Waals surface area contributed by atoms with Crippen LogP contribution < -0.4 is 0 Å². The second kappa shape index (κ2) is 11.0. The van der Waals surface area contributed by atoms with E-state index >= 15 is 0 Å². The van der Waals surface area contributed by atoms with Crippen LogP contribution in [0.5, 0.6) is 0 Å². The van der Waals surface area contributed by atoms with Crippen LogP contribution in [-0.2, 0) is 29.2 Å². The van der Waals surface area contributed by atoms with Crippen LogP contribution in [0.3, 0.4) is 0 Å². The lowest BCUT2D eigenvalue weighted by molar-refractivity contribution is -0.138. The van der Waals surface area contributed by atoms with Gasteiger partial charge in [0.05, 0.1) is 17.7 Å². The summed E-state index contributed by atoms with van der Waals surface area (Å²) in [5.41, 5.74) is 5.79. The summed E-state index contributed by atoms with van der Waals surface area (Å²) in [7, 11) is 0. The average molecular weight is 548 g/mol. The van der Waals surface area contributed by atoms with Gasteiger partial charge in [-0.15, -0.1) is 0 Å². The molecule has 0 amide bonds. The minimum atomic E-state index is -4.34. The first-order valence-corrected chi connectivity index (χ1v) is 13.6. The highest BCUT2D eigenvalue weighted by Gasteiger charge is 2.45. The molecule has 0 spiro atoms. The monoisotopic (exact) mass is 547 g/mol. The summed E-state index contributed by atoms with van der Waals surface area (Å²) in [4.78, 5) is 11.2. The summed E-state index contributed by atoms with van der Waals surface area (Å²) in [6.45, 7) is 4.01. The second-order valence-corrected chi connectivity index (χ2v) is 11.1. The molecule has 4 aromatic rings. The summed E-state index contributed by atoms with van der Waals surface area (Å²) in [5.74, 6) is 0.180. The van der Waals surface area contributed by atoms with Crippen molar-refractivity contribution < 1.29 is 27.6 Å². The molecule has 208 valence electrons. The molecule has 1 fully saturated rings. The van der Waals surface area contributed by atoms with Crippen LogP contribution in [0.4, 0.5) is 13.2 Å². The minimum Gasteiger partial charge on any atom is -0.481 e. The number of carboxylic acid groups (broad SMARTS) is 1. The number of alkyl halides is 3. The lowest BCUT2D eigenvalue weighted by Gasteiger charge is -2.14. The normalized spacial score (nSPS) is 15.1. The molecule has 0 saturated heterocycles. The third-order valence-electron chi connectivity index (χ3n) is 8.04. The van der Waals surface area contributed by atoms with Gasteiger partial charge in [0.15, 0.2) is 5.76 Å². The van der Waals surface area contributed by atoms with E-state index in [0.717, 1.165) is 64.6 Å². The Morgan fingerprint density at radius 2 is 1.62 bits per heavy atom. The summed E-state index contributed by atoms with van der Waals surface area (Å²) in [6.07, 6.45) is -0.318. The number of hydrogen-bond acceptors (Lipinski definition) is 3. The van der Waals surface area contributed by atoms with Crippen LogP contribution in [0.25, 0.3) is 22.5 Å². The molecule has 1 N–H and O–H groups in total. The van der Waals surface area contributed by atoms with Gasteiger partial charge in [-0.25, -0.2) is 0 Å². The van der Waals surface area contributed by atoms with Gasteiger partial charge >= 0.3 is 12.1 Å². The SMILES string of the molecule is Cc1noc(-c2ccc(-c3ccc(C4(CC(=O)O)CC4)cc3)cc2)c1CC(C)CCc1cccc(C(F)(F)F)c1. The van der Waals surface area contributed by atoms with Gasteiger partial charge in [0.1, 0.15) is 0 Å². The fourth-order valence-electron chi connectivity index (χ4n) is 5.46. The van der Waals surface area contributed by atoms with Crippen molar-refractivity contribution in [2.75, 3.05) is 0 Å². The van der Waals surface area contributed by atoms with Crippen LogP contribution in [0.2, 0.25) is 0 Å². The van der Waals surface area contributed by atoms with E-state index in [2.05, 4.69) is 12.1 Å². The number of aryl methyl sites for hydroxylation is 2. The van der Waals surface area contributed by atoms with Crippen molar-refractivity contribution in [3.8, 4) is 22.5 Å². The average Bonchev–Trinajstić information content (AvgIpc) is 3.62. The lowest BCUT2D eigenvalue weighted by atomic mass is 9.90. The van der Waals surface area contributed by atoms with E-state index in [1.807, 2.05) is 55.5 Å². The molecule has 0 radical (unpaired) electrons. The van der Waals surface area contributed by atoms with E-state index in [4.69, 9.17) is 4.52 Å². The van der Waals surface area contributed by atoms with Crippen molar-refractivity contribution in [2.24, 2.45) is 5.92 Å². The molecule has 0 bridgehead atoms. The zero-order chi connectivity index (χ0) is 28.5. The maximum absolute atomic E-state index is 13.1. The highest BCUT2D eigenvalue weighted by atomic mass is 19.4. The number of aliphatic carboxylic acids is 1. The summed E-state index contributed by atoms with van der Waals surface area (Å²) >= 11 is 0. The van der Waals surface area contributed by atoms with E-state index in [0.29, 0.717) is 18.4 Å². The van der Waals surface area contributed by atoms with Gasteiger partial charge in [-0.2, -0.15) is 13.2 Å².